The first-order chi connectivity index (χ1) is 7.60. The van der Waals surface area contributed by atoms with Crippen molar-refractivity contribution in [1.82, 2.24) is 4.90 Å². The Kier molecular flexibility index (Phi) is 4.13. The Morgan fingerprint density at radius 3 is 2.50 bits per heavy atom. The molecule has 0 saturated carbocycles. The van der Waals surface area contributed by atoms with E-state index < -0.39 is 5.54 Å². The lowest BCUT2D eigenvalue weighted by molar-refractivity contribution is -0.121. The highest BCUT2D eigenvalue weighted by Crippen LogP contribution is 2.12. The Bertz CT molecular complexity index is 375. The highest BCUT2D eigenvalue weighted by atomic mass is 16.1. The van der Waals surface area contributed by atoms with Crippen LogP contribution >= 0.6 is 0 Å². The second-order valence-electron chi connectivity index (χ2n) is 4.24. The molecule has 2 nitrogen and oxygen atoms in total. The van der Waals surface area contributed by atoms with Gasteiger partial charge >= 0.3 is 0 Å². The lowest BCUT2D eigenvalue weighted by atomic mass is 10.0. The van der Waals surface area contributed by atoms with E-state index in [1.165, 1.54) is 5.56 Å². The van der Waals surface area contributed by atoms with E-state index in [2.05, 4.69) is 5.92 Å². The van der Waals surface area contributed by atoms with Crippen LogP contribution in [0.5, 0.6) is 0 Å². The van der Waals surface area contributed by atoms with Gasteiger partial charge in [-0.1, -0.05) is 36.3 Å². The molecule has 0 N–H and O–H groups in total. The molecule has 84 valence electrons. The minimum absolute atomic E-state index is 0.517. The number of hydrogen-bond donors (Lipinski definition) is 0. The zero-order valence-corrected chi connectivity index (χ0v) is 9.81. The standard InChI is InChI=1S/C14H17NO/c1-4-14(2,3)15(12-16)11-10-13-8-6-5-7-9-13/h1,5-9,12H,10-11H2,2-3H3. The highest BCUT2D eigenvalue weighted by molar-refractivity contribution is 5.50. The van der Waals surface area contributed by atoms with Crippen LogP contribution < -0.4 is 0 Å². The number of nitrogens with zero attached hydrogens (tertiary/aromatic N) is 1. The summed E-state index contributed by atoms with van der Waals surface area (Å²) in [5.41, 5.74) is 0.693. The van der Waals surface area contributed by atoms with E-state index in [1.54, 1.807) is 4.90 Å². The molecule has 16 heavy (non-hydrogen) atoms. The van der Waals surface area contributed by atoms with Gasteiger partial charge in [0, 0.05) is 6.54 Å². The van der Waals surface area contributed by atoms with E-state index in [0.717, 1.165) is 12.8 Å². The summed E-state index contributed by atoms with van der Waals surface area (Å²) in [6, 6.07) is 10.1. The summed E-state index contributed by atoms with van der Waals surface area (Å²) in [7, 11) is 0. The molecule has 0 heterocycles. The number of carbonyl (C=O) groups excluding carboxylic acids is 1. The number of carbonyl (C=O) groups is 1. The molecule has 1 rings (SSSR count). The molecule has 0 bridgehead atoms. The van der Waals surface area contributed by atoms with Gasteiger partial charge in [0.1, 0.15) is 0 Å². The van der Waals surface area contributed by atoms with E-state index in [0.29, 0.717) is 6.54 Å². The fourth-order valence-corrected chi connectivity index (χ4v) is 1.44. The Hall–Kier alpha value is -1.75. The van der Waals surface area contributed by atoms with Crippen molar-refractivity contribution >= 4 is 6.41 Å². The summed E-state index contributed by atoms with van der Waals surface area (Å²) in [5.74, 6) is 2.62. The average molecular weight is 215 g/mol. The number of rotatable bonds is 5. The molecule has 1 aromatic rings. The molecule has 0 aliphatic carbocycles. The minimum atomic E-state index is -0.517. The first-order valence-corrected chi connectivity index (χ1v) is 5.34. The molecular formula is C14H17NO. The molecule has 0 saturated heterocycles. The summed E-state index contributed by atoms with van der Waals surface area (Å²) in [5, 5.41) is 0. The van der Waals surface area contributed by atoms with Crippen molar-refractivity contribution in [3.8, 4) is 12.3 Å². The van der Waals surface area contributed by atoms with Crippen molar-refractivity contribution in [2.24, 2.45) is 0 Å². The molecule has 0 aliphatic heterocycles. The molecule has 0 fully saturated rings. The lowest BCUT2D eigenvalue weighted by Crippen LogP contribution is -2.42. The monoisotopic (exact) mass is 215 g/mol. The molecule has 0 unspecified atom stereocenters. The third-order valence-electron chi connectivity index (χ3n) is 2.68. The molecule has 0 radical (unpaired) electrons. The normalized spacial score (nSPS) is 10.6. The lowest BCUT2D eigenvalue weighted by Gasteiger charge is -2.31. The second-order valence-corrected chi connectivity index (χ2v) is 4.24. The van der Waals surface area contributed by atoms with Gasteiger partial charge in [-0.25, -0.2) is 0 Å². The number of amides is 1. The Labute approximate surface area is 97.3 Å². The Morgan fingerprint density at radius 1 is 1.38 bits per heavy atom. The van der Waals surface area contributed by atoms with Gasteiger partial charge < -0.3 is 4.90 Å². The van der Waals surface area contributed by atoms with E-state index in [-0.39, 0.29) is 0 Å². The van der Waals surface area contributed by atoms with Gasteiger partial charge in [0.05, 0.1) is 5.54 Å². The van der Waals surface area contributed by atoms with Crippen LogP contribution in [0.2, 0.25) is 0 Å². The van der Waals surface area contributed by atoms with Gasteiger partial charge in [-0.2, -0.15) is 0 Å². The van der Waals surface area contributed by atoms with Gasteiger partial charge in [0.15, 0.2) is 0 Å². The number of terminal acetylenes is 1. The molecule has 0 aromatic heterocycles. The van der Waals surface area contributed by atoms with Crippen LogP contribution in [0.1, 0.15) is 19.4 Å². The van der Waals surface area contributed by atoms with Crippen LogP contribution in [0.15, 0.2) is 30.3 Å². The number of hydrogen-bond acceptors (Lipinski definition) is 1. The van der Waals surface area contributed by atoms with Crippen molar-refractivity contribution in [2.75, 3.05) is 6.54 Å². The van der Waals surface area contributed by atoms with Crippen molar-refractivity contribution in [3.63, 3.8) is 0 Å². The quantitative estimate of drug-likeness (QED) is 0.544. The maximum absolute atomic E-state index is 11.0. The zero-order valence-electron chi connectivity index (χ0n) is 9.81. The van der Waals surface area contributed by atoms with Crippen molar-refractivity contribution in [3.05, 3.63) is 35.9 Å². The minimum Gasteiger partial charge on any atom is -0.329 e. The smallest absolute Gasteiger partial charge is 0.210 e. The van der Waals surface area contributed by atoms with E-state index >= 15 is 0 Å². The third-order valence-corrected chi connectivity index (χ3v) is 2.68. The van der Waals surface area contributed by atoms with Crippen molar-refractivity contribution in [2.45, 2.75) is 25.8 Å². The summed E-state index contributed by atoms with van der Waals surface area (Å²) in [4.78, 5) is 12.6. The molecule has 1 aromatic carbocycles. The van der Waals surface area contributed by atoms with E-state index in [4.69, 9.17) is 6.42 Å². The number of benzene rings is 1. The van der Waals surface area contributed by atoms with Gasteiger partial charge in [0.25, 0.3) is 0 Å². The summed E-state index contributed by atoms with van der Waals surface area (Å²) in [6.45, 7) is 4.38. The van der Waals surface area contributed by atoms with Crippen molar-refractivity contribution in [1.29, 1.82) is 0 Å². The third kappa shape index (κ3) is 3.13. The topological polar surface area (TPSA) is 20.3 Å². The fourth-order valence-electron chi connectivity index (χ4n) is 1.44. The van der Waals surface area contributed by atoms with Crippen LogP contribution in [0.4, 0.5) is 0 Å². The SMILES string of the molecule is C#CC(C)(C)N(C=O)CCc1ccccc1. The van der Waals surface area contributed by atoms with Gasteiger partial charge in [-0.3, -0.25) is 4.79 Å². The maximum atomic E-state index is 11.0. The Morgan fingerprint density at radius 2 is 2.00 bits per heavy atom. The van der Waals surface area contributed by atoms with Gasteiger partial charge in [-0.05, 0) is 25.8 Å². The predicted octanol–water partition coefficient (Wildman–Crippen LogP) is 2.10. The van der Waals surface area contributed by atoms with Crippen LogP contribution in [-0.2, 0) is 11.2 Å². The van der Waals surface area contributed by atoms with Crippen LogP contribution in [0.3, 0.4) is 0 Å². The summed E-state index contributed by atoms with van der Waals surface area (Å²) < 4.78 is 0. The van der Waals surface area contributed by atoms with E-state index in [9.17, 15) is 4.79 Å². The molecule has 0 aliphatic rings. The molecule has 2 heteroatoms. The first kappa shape index (κ1) is 12.3. The highest BCUT2D eigenvalue weighted by Gasteiger charge is 2.21. The van der Waals surface area contributed by atoms with Crippen LogP contribution in [-0.4, -0.2) is 23.4 Å². The van der Waals surface area contributed by atoms with Gasteiger partial charge in [-0.15, -0.1) is 6.42 Å². The predicted molar refractivity (Wildman–Crippen MR) is 65.8 cm³/mol. The summed E-state index contributed by atoms with van der Waals surface area (Å²) >= 11 is 0. The molecule has 0 atom stereocenters. The summed E-state index contributed by atoms with van der Waals surface area (Å²) in [6.07, 6.45) is 7.05. The fraction of sp³-hybridized carbons (Fsp3) is 0.357. The van der Waals surface area contributed by atoms with Crippen LogP contribution in [0, 0.1) is 12.3 Å². The van der Waals surface area contributed by atoms with Crippen LogP contribution in [0.25, 0.3) is 0 Å². The average Bonchev–Trinajstić information content (AvgIpc) is 2.31. The largest absolute Gasteiger partial charge is 0.329 e. The zero-order chi connectivity index (χ0) is 12.0. The first-order valence-electron chi connectivity index (χ1n) is 5.34. The maximum Gasteiger partial charge on any atom is 0.210 e. The Balaban J connectivity index is 2.60. The van der Waals surface area contributed by atoms with E-state index in [1.807, 2.05) is 44.2 Å². The molecular weight excluding hydrogens is 198 g/mol. The van der Waals surface area contributed by atoms with Gasteiger partial charge in [0.2, 0.25) is 6.41 Å². The second kappa shape index (κ2) is 5.37. The van der Waals surface area contributed by atoms with Crippen molar-refractivity contribution < 1.29 is 4.79 Å². The molecule has 0 spiro atoms. The molecule has 1 amide bonds.